The molecule has 4 rings (SSSR count). The third-order valence-corrected chi connectivity index (χ3v) is 5.99. The molecule has 0 aromatic heterocycles. The Hall–Kier alpha value is -4.28. The maximum Gasteiger partial charge on any atom is 0.335 e. The molecule has 1 heterocycles. The number of halogens is 2. The number of thiocarbonyl (C=S) groups is 1. The third kappa shape index (κ3) is 5.66. The highest BCUT2D eigenvalue weighted by molar-refractivity contribution is 7.80. The Morgan fingerprint density at radius 1 is 1.13 bits per heavy atom. The van der Waals surface area contributed by atoms with E-state index in [1.807, 2.05) is 0 Å². The zero-order valence-corrected chi connectivity index (χ0v) is 21.4. The highest BCUT2D eigenvalue weighted by atomic mass is 35.5. The lowest BCUT2D eigenvalue weighted by atomic mass is 10.1. The molecule has 38 heavy (non-hydrogen) atoms. The van der Waals surface area contributed by atoms with Crippen LogP contribution in [0.2, 0.25) is 5.02 Å². The van der Waals surface area contributed by atoms with Crippen molar-refractivity contribution >= 4 is 58.5 Å². The monoisotopic (exact) mass is 554 g/mol. The van der Waals surface area contributed by atoms with E-state index < -0.39 is 23.6 Å². The van der Waals surface area contributed by atoms with Gasteiger partial charge in [0.05, 0.1) is 22.9 Å². The number of hydrogen-bond acceptors (Lipinski definition) is 6. The van der Waals surface area contributed by atoms with Gasteiger partial charge in [-0.05, 0) is 67.2 Å². The Balaban J connectivity index is 1.68. The second-order valence-electron chi connectivity index (χ2n) is 7.96. The van der Waals surface area contributed by atoms with Gasteiger partial charge in [-0.1, -0.05) is 35.9 Å². The second-order valence-corrected chi connectivity index (χ2v) is 8.75. The maximum atomic E-state index is 14.0. The minimum Gasteiger partial charge on any atom is -0.490 e. The van der Waals surface area contributed by atoms with Crippen LogP contribution in [-0.2, 0) is 16.2 Å². The SMILES string of the molecule is CCOc1cc(C=C2C(=O)NC(=S)N(c3cccc(C(=O)O)c3)C2=O)cc(Cl)c1OCc1ccccc1F. The summed E-state index contributed by atoms with van der Waals surface area (Å²) in [4.78, 5) is 38.4. The van der Waals surface area contributed by atoms with Crippen molar-refractivity contribution in [1.82, 2.24) is 5.32 Å². The van der Waals surface area contributed by atoms with Gasteiger partial charge in [-0.25, -0.2) is 9.18 Å². The summed E-state index contributed by atoms with van der Waals surface area (Å²) in [6.07, 6.45) is 1.31. The van der Waals surface area contributed by atoms with Crippen LogP contribution in [0.15, 0.2) is 66.2 Å². The number of carbonyl (C=O) groups excluding carboxylic acids is 2. The average Bonchev–Trinajstić information content (AvgIpc) is 2.87. The largest absolute Gasteiger partial charge is 0.490 e. The van der Waals surface area contributed by atoms with Gasteiger partial charge >= 0.3 is 5.97 Å². The van der Waals surface area contributed by atoms with E-state index in [0.717, 1.165) is 4.90 Å². The van der Waals surface area contributed by atoms with E-state index in [4.69, 9.17) is 33.3 Å². The first-order chi connectivity index (χ1) is 18.2. The van der Waals surface area contributed by atoms with Gasteiger partial charge in [0.1, 0.15) is 18.0 Å². The lowest BCUT2D eigenvalue weighted by Crippen LogP contribution is -2.54. The van der Waals surface area contributed by atoms with Crippen LogP contribution in [0.5, 0.6) is 11.5 Å². The second kappa shape index (κ2) is 11.4. The third-order valence-electron chi connectivity index (χ3n) is 5.43. The fourth-order valence-electron chi connectivity index (χ4n) is 3.68. The molecule has 194 valence electrons. The first kappa shape index (κ1) is 26.8. The van der Waals surface area contributed by atoms with Crippen LogP contribution in [0.4, 0.5) is 10.1 Å². The average molecular weight is 555 g/mol. The molecule has 0 aliphatic carbocycles. The van der Waals surface area contributed by atoms with E-state index in [1.54, 1.807) is 25.1 Å². The lowest BCUT2D eigenvalue weighted by molar-refractivity contribution is -0.122. The molecule has 2 N–H and O–H groups in total. The number of rotatable bonds is 8. The van der Waals surface area contributed by atoms with Crippen LogP contribution in [0.3, 0.4) is 0 Å². The Labute approximate surface area is 227 Å². The number of amides is 2. The molecule has 1 saturated heterocycles. The van der Waals surface area contributed by atoms with Crippen molar-refractivity contribution in [3.8, 4) is 11.5 Å². The van der Waals surface area contributed by atoms with E-state index in [2.05, 4.69) is 5.32 Å². The van der Waals surface area contributed by atoms with Gasteiger partial charge in [0.15, 0.2) is 16.6 Å². The number of carboxylic acids is 1. The zero-order chi connectivity index (χ0) is 27.4. The van der Waals surface area contributed by atoms with Crippen LogP contribution >= 0.6 is 23.8 Å². The van der Waals surface area contributed by atoms with Gasteiger partial charge in [-0.3, -0.25) is 19.8 Å². The number of nitrogens with one attached hydrogen (secondary N) is 1. The first-order valence-electron chi connectivity index (χ1n) is 11.3. The van der Waals surface area contributed by atoms with E-state index in [1.165, 1.54) is 48.5 Å². The summed E-state index contributed by atoms with van der Waals surface area (Å²) in [6.45, 7) is 1.91. The Morgan fingerprint density at radius 3 is 2.61 bits per heavy atom. The highest BCUT2D eigenvalue weighted by Crippen LogP contribution is 2.38. The van der Waals surface area contributed by atoms with Gasteiger partial charge in [-0.2, -0.15) is 0 Å². The number of carbonyl (C=O) groups is 3. The van der Waals surface area contributed by atoms with Crippen LogP contribution in [0.25, 0.3) is 6.08 Å². The fourth-order valence-corrected chi connectivity index (χ4v) is 4.23. The molecule has 2 amide bonds. The highest BCUT2D eigenvalue weighted by Gasteiger charge is 2.35. The van der Waals surface area contributed by atoms with Crippen LogP contribution in [-0.4, -0.2) is 34.6 Å². The molecule has 11 heteroatoms. The minimum absolute atomic E-state index is 0.0559. The smallest absolute Gasteiger partial charge is 0.335 e. The number of ether oxygens (including phenoxy) is 2. The number of aromatic carboxylic acids is 1. The molecule has 8 nitrogen and oxygen atoms in total. The van der Waals surface area contributed by atoms with E-state index >= 15 is 0 Å². The molecule has 0 radical (unpaired) electrons. The standard InChI is InChI=1S/C27H20ClFN2O6S/c1-2-36-22-12-15(11-20(28)23(22)37-14-17-6-3-4-9-21(17)29)10-19-24(32)30-27(38)31(25(19)33)18-8-5-7-16(13-18)26(34)35/h3-13H,2,14H2,1H3,(H,34,35)(H,30,32,38). The fraction of sp³-hybridized carbons (Fsp3) is 0.111. The molecule has 1 aliphatic rings. The predicted octanol–water partition coefficient (Wildman–Crippen LogP) is 4.99. The summed E-state index contributed by atoms with van der Waals surface area (Å²) in [5, 5.41) is 11.7. The predicted molar refractivity (Wildman–Crippen MR) is 143 cm³/mol. The molecular weight excluding hydrogens is 535 g/mol. The first-order valence-corrected chi connectivity index (χ1v) is 12.1. The summed E-state index contributed by atoms with van der Waals surface area (Å²) in [5.41, 5.74) is 0.528. The van der Waals surface area contributed by atoms with Crippen molar-refractivity contribution in [3.05, 3.63) is 93.8 Å². The molecule has 0 saturated carbocycles. The molecule has 0 unspecified atom stereocenters. The van der Waals surface area contributed by atoms with E-state index in [0.29, 0.717) is 11.1 Å². The van der Waals surface area contributed by atoms with Gasteiger partial charge in [0.25, 0.3) is 11.8 Å². The summed E-state index contributed by atoms with van der Waals surface area (Å²) < 4.78 is 25.4. The molecule has 1 fully saturated rings. The molecule has 0 bridgehead atoms. The quantitative estimate of drug-likeness (QED) is 0.230. The van der Waals surface area contributed by atoms with E-state index in [9.17, 15) is 23.9 Å². The number of benzene rings is 3. The number of hydrogen-bond donors (Lipinski definition) is 2. The van der Waals surface area contributed by atoms with Gasteiger partial charge in [0.2, 0.25) is 0 Å². The van der Waals surface area contributed by atoms with Crippen molar-refractivity contribution in [2.24, 2.45) is 0 Å². The summed E-state index contributed by atoms with van der Waals surface area (Å²) in [6, 6.07) is 14.7. The lowest BCUT2D eigenvalue weighted by Gasteiger charge is -2.29. The van der Waals surface area contributed by atoms with Crippen molar-refractivity contribution in [2.45, 2.75) is 13.5 Å². The molecular formula is C27H20ClFN2O6S. The zero-order valence-electron chi connectivity index (χ0n) is 19.9. The number of carboxylic acid groups (broad SMARTS) is 1. The Bertz CT molecular complexity index is 1490. The Morgan fingerprint density at radius 2 is 1.89 bits per heavy atom. The van der Waals surface area contributed by atoms with Crippen molar-refractivity contribution in [1.29, 1.82) is 0 Å². The number of nitrogens with zero attached hydrogens (tertiary/aromatic N) is 1. The van der Waals surface area contributed by atoms with Crippen LogP contribution in [0.1, 0.15) is 28.4 Å². The van der Waals surface area contributed by atoms with Crippen LogP contribution in [0, 0.1) is 5.82 Å². The van der Waals surface area contributed by atoms with Crippen molar-refractivity contribution in [2.75, 3.05) is 11.5 Å². The summed E-state index contributed by atoms with van der Waals surface area (Å²) >= 11 is 11.6. The summed E-state index contributed by atoms with van der Waals surface area (Å²) in [7, 11) is 0. The summed E-state index contributed by atoms with van der Waals surface area (Å²) in [5.74, 6) is -2.70. The van der Waals surface area contributed by atoms with Gasteiger partial charge < -0.3 is 14.6 Å². The topological polar surface area (TPSA) is 105 Å². The normalized spacial score (nSPS) is 14.4. The van der Waals surface area contributed by atoms with Gasteiger partial charge in [-0.15, -0.1) is 0 Å². The van der Waals surface area contributed by atoms with Crippen molar-refractivity contribution < 1.29 is 33.4 Å². The molecule has 3 aromatic carbocycles. The molecule has 0 atom stereocenters. The molecule has 1 aliphatic heterocycles. The molecule has 3 aromatic rings. The maximum absolute atomic E-state index is 14.0. The van der Waals surface area contributed by atoms with Crippen LogP contribution < -0.4 is 19.7 Å². The minimum atomic E-state index is -1.18. The van der Waals surface area contributed by atoms with Gasteiger partial charge in [0, 0.05) is 5.56 Å². The van der Waals surface area contributed by atoms with E-state index in [-0.39, 0.29) is 51.7 Å². The molecule has 0 spiro atoms. The van der Waals surface area contributed by atoms with Crippen molar-refractivity contribution in [3.63, 3.8) is 0 Å². The Kier molecular flexibility index (Phi) is 8.04. The number of anilines is 1.